The van der Waals surface area contributed by atoms with Gasteiger partial charge in [0.15, 0.2) is 6.10 Å². The van der Waals surface area contributed by atoms with Crippen LogP contribution in [0.3, 0.4) is 0 Å². The second-order valence-corrected chi connectivity index (χ2v) is 21.3. The van der Waals surface area contributed by atoms with E-state index in [9.17, 15) is 14.4 Å². The van der Waals surface area contributed by atoms with Crippen molar-refractivity contribution in [1.29, 1.82) is 0 Å². The molecule has 0 radical (unpaired) electrons. The van der Waals surface area contributed by atoms with Gasteiger partial charge in [0.2, 0.25) is 0 Å². The summed E-state index contributed by atoms with van der Waals surface area (Å²) in [7, 11) is 0. The van der Waals surface area contributed by atoms with Crippen molar-refractivity contribution in [2.75, 3.05) is 13.2 Å². The zero-order chi connectivity index (χ0) is 55.7. The number of unbranched alkanes of at least 4 members (excludes halogenated alkanes) is 29. The van der Waals surface area contributed by atoms with Gasteiger partial charge in [-0.1, -0.05) is 284 Å². The Morgan fingerprint density at radius 1 is 0.273 bits per heavy atom. The van der Waals surface area contributed by atoms with Crippen LogP contribution in [0.25, 0.3) is 0 Å². The summed E-state index contributed by atoms with van der Waals surface area (Å²) in [5.41, 5.74) is 0. The summed E-state index contributed by atoms with van der Waals surface area (Å²) in [6.45, 7) is 6.46. The minimum atomic E-state index is -0.779. The molecule has 0 rings (SSSR count). The number of carbonyl (C=O) groups is 3. The first kappa shape index (κ1) is 73.1. The van der Waals surface area contributed by atoms with Crippen LogP contribution in [0.4, 0.5) is 0 Å². The van der Waals surface area contributed by atoms with E-state index < -0.39 is 6.10 Å². The van der Waals surface area contributed by atoms with Crippen LogP contribution in [0.5, 0.6) is 0 Å². The van der Waals surface area contributed by atoms with Crippen LogP contribution < -0.4 is 0 Å². The molecule has 1 unspecified atom stereocenters. The summed E-state index contributed by atoms with van der Waals surface area (Å²) in [5, 5.41) is 0. The van der Waals surface area contributed by atoms with Crippen LogP contribution in [-0.4, -0.2) is 37.2 Å². The molecule has 0 aliphatic heterocycles. The van der Waals surface area contributed by atoms with Gasteiger partial charge in [-0.05, 0) is 109 Å². The van der Waals surface area contributed by atoms with Gasteiger partial charge < -0.3 is 14.2 Å². The fourth-order valence-electron chi connectivity index (χ4n) is 8.92. The maximum atomic E-state index is 12.8. The van der Waals surface area contributed by atoms with E-state index in [4.69, 9.17) is 14.2 Å². The van der Waals surface area contributed by atoms with Crippen LogP contribution in [0, 0.1) is 0 Å². The molecule has 0 saturated heterocycles. The molecule has 6 nitrogen and oxygen atoms in total. The minimum absolute atomic E-state index is 0.0795. The van der Waals surface area contributed by atoms with E-state index in [1.807, 2.05) is 0 Å². The van der Waals surface area contributed by atoms with Gasteiger partial charge in [0.25, 0.3) is 0 Å². The van der Waals surface area contributed by atoms with Crippen molar-refractivity contribution < 1.29 is 28.6 Å². The van der Waals surface area contributed by atoms with E-state index in [0.717, 1.165) is 116 Å². The molecule has 0 aliphatic rings. The van der Waals surface area contributed by atoms with Gasteiger partial charge in [-0.3, -0.25) is 14.4 Å². The lowest BCUT2D eigenvalue weighted by molar-refractivity contribution is -0.167. The highest BCUT2D eigenvalue weighted by Crippen LogP contribution is 2.16. The van der Waals surface area contributed by atoms with Crippen LogP contribution in [0.1, 0.15) is 303 Å². The van der Waals surface area contributed by atoms with Gasteiger partial charge in [0.05, 0.1) is 0 Å². The lowest BCUT2D eigenvalue weighted by Gasteiger charge is -2.18. The third kappa shape index (κ3) is 62.8. The first-order valence-corrected chi connectivity index (χ1v) is 32.4. The van der Waals surface area contributed by atoms with Crippen molar-refractivity contribution in [2.45, 2.75) is 309 Å². The number of hydrogen-bond acceptors (Lipinski definition) is 6. The third-order valence-electron chi connectivity index (χ3n) is 13.8. The normalized spacial score (nSPS) is 12.8. The molecule has 0 aromatic carbocycles. The molecule has 0 aromatic heterocycles. The topological polar surface area (TPSA) is 78.9 Å². The van der Waals surface area contributed by atoms with Gasteiger partial charge >= 0.3 is 17.9 Å². The Bertz CT molecular complexity index is 1560. The quantitative estimate of drug-likeness (QED) is 0.0261. The molecule has 77 heavy (non-hydrogen) atoms. The molecule has 0 saturated carbocycles. The van der Waals surface area contributed by atoms with Gasteiger partial charge in [-0.15, -0.1) is 0 Å². The van der Waals surface area contributed by atoms with E-state index >= 15 is 0 Å². The molecule has 0 amide bonds. The standard InChI is InChI=1S/C71H120O6/c1-4-7-10-13-16-18-20-22-24-26-28-29-30-31-32-33-34-35-36-37-38-39-40-41-42-43-44-46-47-49-51-53-55-58-61-64-70(73)76-67-68(66-75-69(72)63-60-57-15-12-9-6-3)77-71(74)65-62-59-56-54-52-50-48-45-27-25-23-21-19-17-14-11-8-5-2/h7,10,16,18-19,21-22,24-25,27-29,31-32,34-35,37-38,68H,4-6,8-9,11-15,17,20,23,26,30,33,36,39-67H2,1-3H3/b10-7-,18-16-,21-19-,24-22-,27-25-,29-28-,32-31-,35-34-,38-37-. The number of rotatable bonds is 58. The molecule has 6 heteroatoms. The number of ether oxygens (including phenoxy) is 3. The lowest BCUT2D eigenvalue weighted by atomic mass is 10.0. The SMILES string of the molecule is CC/C=C\C/C=C\C/C=C\C/C=C\C/C=C\C/C=C\C/C=C\CCCCCCCCCCCCCCCC(=O)OCC(COC(=O)CCCCCCCC)OC(=O)CCCCCCCCC/C=C\C/C=C\CCCCCC. The van der Waals surface area contributed by atoms with Crippen LogP contribution in [0.2, 0.25) is 0 Å². The lowest BCUT2D eigenvalue weighted by Crippen LogP contribution is -2.30. The predicted octanol–water partition coefficient (Wildman–Crippen LogP) is 22.2. The van der Waals surface area contributed by atoms with Crippen molar-refractivity contribution in [3.63, 3.8) is 0 Å². The Morgan fingerprint density at radius 2 is 0.506 bits per heavy atom. The van der Waals surface area contributed by atoms with Crippen molar-refractivity contribution in [3.05, 3.63) is 109 Å². The van der Waals surface area contributed by atoms with E-state index in [0.29, 0.717) is 19.3 Å². The molecule has 0 bridgehead atoms. The summed E-state index contributed by atoms with van der Waals surface area (Å²) < 4.78 is 16.8. The Kier molecular flexibility index (Phi) is 61.3. The Balaban J connectivity index is 4.04. The van der Waals surface area contributed by atoms with Gasteiger partial charge in [0.1, 0.15) is 13.2 Å². The monoisotopic (exact) mass is 1070 g/mol. The molecule has 0 heterocycles. The fraction of sp³-hybridized carbons (Fsp3) is 0.704. The van der Waals surface area contributed by atoms with Crippen molar-refractivity contribution in [1.82, 2.24) is 0 Å². The number of hydrogen-bond donors (Lipinski definition) is 0. The molecule has 0 N–H and O–H groups in total. The smallest absolute Gasteiger partial charge is 0.306 e. The van der Waals surface area contributed by atoms with Crippen LogP contribution in [-0.2, 0) is 28.6 Å². The Hall–Kier alpha value is -3.93. The maximum absolute atomic E-state index is 12.8. The average molecular weight is 1070 g/mol. The van der Waals surface area contributed by atoms with Crippen molar-refractivity contribution in [2.24, 2.45) is 0 Å². The molecule has 440 valence electrons. The zero-order valence-corrected chi connectivity index (χ0v) is 50.4. The fourth-order valence-corrected chi connectivity index (χ4v) is 8.92. The van der Waals surface area contributed by atoms with Crippen molar-refractivity contribution in [3.8, 4) is 0 Å². The van der Waals surface area contributed by atoms with E-state index in [1.54, 1.807) is 0 Å². The predicted molar refractivity (Wildman–Crippen MR) is 334 cm³/mol. The first-order chi connectivity index (χ1) is 38.0. The Morgan fingerprint density at radius 3 is 0.805 bits per heavy atom. The Labute approximate surface area is 476 Å². The van der Waals surface area contributed by atoms with E-state index in [2.05, 4.69) is 130 Å². The number of carbonyl (C=O) groups excluding carboxylic acids is 3. The maximum Gasteiger partial charge on any atom is 0.306 e. The third-order valence-corrected chi connectivity index (χ3v) is 13.8. The minimum Gasteiger partial charge on any atom is -0.462 e. The summed E-state index contributed by atoms with van der Waals surface area (Å²) in [6.07, 6.45) is 88.5. The highest BCUT2D eigenvalue weighted by Gasteiger charge is 2.19. The van der Waals surface area contributed by atoms with Crippen molar-refractivity contribution >= 4 is 17.9 Å². The van der Waals surface area contributed by atoms with E-state index in [1.165, 1.54) is 148 Å². The molecular weight excluding hydrogens is 949 g/mol. The molecule has 0 aromatic rings. The number of esters is 3. The summed E-state index contributed by atoms with van der Waals surface area (Å²) >= 11 is 0. The molecule has 1 atom stereocenters. The summed E-state index contributed by atoms with van der Waals surface area (Å²) in [5.74, 6) is -0.892. The molecule has 0 fully saturated rings. The van der Waals surface area contributed by atoms with Crippen LogP contribution >= 0.6 is 0 Å². The summed E-state index contributed by atoms with van der Waals surface area (Å²) in [4.78, 5) is 38.0. The largest absolute Gasteiger partial charge is 0.462 e. The van der Waals surface area contributed by atoms with Crippen LogP contribution in [0.15, 0.2) is 109 Å². The highest BCUT2D eigenvalue weighted by atomic mass is 16.6. The summed E-state index contributed by atoms with van der Waals surface area (Å²) in [6, 6.07) is 0. The molecular formula is C71H120O6. The first-order valence-electron chi connectivity index (χ1n) is 32.4. The molecule has 0 aliphatic carbocycles. The second-order valence-electron chi connectivity index (χ2n) is 21.3. The average Bonchev–Trinajstić information content (AvgIpc) is 3.43. The number of allylic oxidation sites excluding steroid dienone is 18. The molecule has 0 spiro atoms. The van der Waals surface area contributed by atoms with E-state index in [-0.39, 0.29) is 31.1 Å². The second kappa shape index (κ2) is 64.6. The highest BCUT2D eigenvalue weighted by molar-refractivity contribution is 5.71. The van der Waals surface area contributed by atoms with Gasteiger partial charge in [-0.2, -0.15) is 0 Å². The van der Waals surface area contributed by atoms with Gasteiger partial charge in [-0.25, -0.2) is 0 Å². The van der Waals surface area contributed by atoms with Gasteiger partial charge in [0, 0.05) is 19.3 Å². The zero-order valence-electron chi connectivity index (χ0n) is 50.4.